The number of benzene rings is 3. The van der Waals surface area contributed by atoms with Crippen molar-refractivity contribution in [3.8, 4) is 0 Å². The predicted molar refractivity (Wildman–Crippen MR) is 104 cm³/mol. The molecular weight excluding hydrogens is 438 g/mol. The van der Waals surface area contributed by atoms with E-state index in [0.29, 0.717) is 17.0 Å². The van der Waals surface area contributed by atoms with Gasteiger partial charge in [-0.05, 0) is 48.5 Å². The molecule has 0 aliphatic heterocycles. The zero-order chi connectivity index (χ0) is 23.7. The maximum Gasteiger partial charge on any atom is 0.416 e. The number of carbonyl (C=O) groups is 2. The van der Waals surface area contributed by atoms with Crippen molar-refractivity contribution in [2.45, 2.75) is 12.4 Å². The van der Waals surface area contributed by atoms with Gasteiger partial charge in [-0.3, -0.25) is 14.5 Å². The van der Waals surface area contributed by atoms with E-state index >= 15 is 0 Å². The van der Waals surface area contributed by atoms with Crippen LogP contribution in [0.25, 0.3) is 0 Å². The molecule has 0 aliphatic carbocycles. The zero-order valence-electron chi connectivity index (χ0n) is 16.0. The Balaban J connectivity index is 2.24. The standard InChI is InChI=1S/C22H14F6N2O2/c23-21(24,25)13-5-3-7-15(11-13)30(16-8-4-6-14(12-16)22(26,27)28)20(32)18-10-2-1-9-17(18)19(29)31/h1-12H,(H2,29,31). The maximum absolute atomic E-state index is 13.3. The topological polar surface area (TPSA) is 63.4 Å². The van der Waals surface area contributed by atoms with Gasteiger partial charge in [0.05, 0.1) is 22.3 Å². The molecule has 0 atom stereocenters. The van der Waals surface area contributed by atoms with Gasteiger partial charge in [0.25, 0.3) is 5.91 Å². The lowest BCUT2D eigenvalue weighted by molar-refractivity contribution is -0.138. The number of carbonyl (C=O) groups excluding carboxylic acids is 2. The van der Waals surface area contributed by atoms with E-state index in [4.69, 9.17) is 5.73 Å². The van der Waals surface area contributed by atoms with Crippen LogP contribution in [0.4, 0.5) is 37.7 Å². The minimum absolute atomic E-state index is 0.235. The Morgan fingerprint density at radius 2 is 1.09 bits per heavy atom. The molecule has 0 heterocycles. The fourth-order valence-electron chi connectivity index (χ4n) is 3.03. The Hall–Kier alpha value is -3.82. The van der Waals surface area contributed by atoms with Crippen LogP contribution >= 0.6 is 0 Å². The molecule has 2 amide bonds. The van der Waals surface area contributed by atoms with Crippen LogP contribution in [0.5, 0.6) is 0 Å². The number of alkyl halides is 6. The normalized spacial score (nSPS) is 11.8. The van der Waals surface area contributed by atoms with Crippen molar-refractivity contribution in [2.24, 2.45) is 5.73 Å². The molecule has 0 fully saturated rings. The van der Waals surface area contributed by atoms with Gasteiger partial charge in [-0.15, -0.1) is 0 Å². The number of amides is 2. The van der Waals surface area contributed by atoms with Crippen molar-refractivity contribution in [2.75, 3.05) is 4.90 Å². The van der Waals surface area contributed by atoms with E-state index in [1.54, 1.807) is 0 Å². The minimum atomic E-state index is -4.76. The summed E-state index contributed by atoms with van der Waals surface area (Å²) in [7, 11) is 0. The van der Waals surface area contributed by atoms with Crippen molar-refractivity contribution in [1.82, 2.24) is 0 Å². The molecular formula is C22H14F6N2O2. The van der Waals surface area contributed by atoms with Crippen LogP contribution in [-0.4, -0.2) is 11.8 Å². The molecule has 0 aromatic heterocycles. The summed E-state index contributed by atoms with van der Waals surface area (Å²) in [5, 5.41) is 0. The second-order valence-electron chi connectivity index (χ2n) is 6.65. The summed E-state index contributed by atoms with van der Waals surface area (Å²) in [6.45, 7) is 0. The summed E-state index contributed by atoms with van der Waals surface area (Å²) in [4.78, 5) is 25.8. The summed E-state index contributed by atoms with van der Waals surface area (Å²) >= 11 is 0. The first-order valence-corrected chi connectivity index (χ1v) is 8.97. The molecule has 0 saturated heterocycles. The second kappa shape index (κ2) is 8.37. The molecule has 0 unspecified atom stereocenters. The van der Waals surface area contributed by atoms with Crippen molar-refractivity contribution in [3.05, 3.63) is 95.1 Å². The zero-order valence-corrected chi connectivity index (χ0v) is 16.0. The van der Waals surface area contributed by atoms with E-state index < -0.39 is 35.3 Å². The van der Waals surface area contributed by atoms with Crippen LogP contribution in [0, 0.1) is 0 Å². The van der Waals surface area contributed by atoms with Crippen molar-refractivity contribution in [3.63, 3.8) is 0 Å². The monoisotopic (exact) mass is 452 g/mol. The first-order valence-electron chi connectivity index (χ1n) is 8.97. The van der Waals surface area contributed by atoms with Gasteiger partial charge in [-0.25, -0.2) is 0 Å². The van der Waals surface area contributed by atoms with Gasteiger partial charge in [0, 0.05) is 11.4 Å². The highest BCUT2D eigenvalue weighted by Crippen LogP contribution is 2.37. The Morgan fingerprint density at radius 3 is 1.50 bits per heavy atom. The van der Waals surface area contributed by atoms with E-state index in [9.17, 15) is 35.9 Å². The summed E-state index contributed by atoms with van der Waals surface area (Å²) in [5.74, 6) is -2.01. The number of rotatable bonds is 4. The largest absolute Gasteiger partial charge is 0.416 e. The van der Waals surface area contributed by atoms with Crippen LogP contribution in [0.3, 0.4) is 0 Å². The van der Waals surface area contributed by atoms with Gasteiger partial charge >= 0.3 is 12.4 Å². The quantitative estimate of drug-likeness (QED) is 0.509. The van der Waals surface area contributed by atoms with Crippen LogP contribution in [0.15, 0.2) is 72.8 Å². The average Bonchev–Trinajstić information content (AvgIpc) is 2.73. The lowest BCUT2D eigenvalue weighted by atomic mass is 10.0. The van der Waals surface area contributed by atoms with Crippen LogP contribution in [-0.2, 0) is 12.4 Å². The number of hydrogen-bond acceptors (Lipinski definition) is 2. The number of primary amides is 1. The molecule has 0 spiro atoms. The van der Waals surface area contributed by atoms with Gasteiger partial charge in [-0.2, -0.15) is 26.3 Å². The van der Waals surface area contributed by atoms with E-state index in [-0.39, 0.29) is 22.5 Å². The number of halogens is 6. The average molecular weight is 452 g/mol. The smallest absolute Gasteiger partial charge is 0.366 e. The van der Waals surface area contributed by atoms with Gasteiger partial charge < -0.3 is 5.73 Å². The van der Waals surface area contributed by atoms with Crippen LogP contribution in [0.1, 0.15) is 31.8 Å². The lowest BCUT2D eigenvalue weighted by Gasteiger charge is -2.25. The minimum Gasteiger partial charge on any atom is -0.366 e. The SMILES string of the molecule is NC(=O)c1ccccc1C(=O)N(c1cccc(C(F)(F)F)c1)c1cccc(C(F)(F)F)c1. The Bertz CT molecular complexity index is 1110. The first kappa shape index (κ1) is 22.9. The van der Waals surface area contributed by atoms with Crippen LogP contribution < -0.4 is 10.6 Å². The Kier molecular flexibility index (Phi) is 5.98. The Morgan fingerprint density at radius 1 is 0.656 bits per heavy atom. The maximum atomic E-state index is 13.3. The number of nitrogens with two attached hydrogens (primary N) is 1. The molecule has 3 aromatic rings. The molecule has 32 heavy (non-hydrogen) atoms. The second-order valence-corrected chi connectivity index (χ2v) is 6.65. The van der Waals surface area contributed by atoms with Gasteiger partial charge in [0.15, 0.2) is 0 Å². The highest BCUT2D eigenvalue weighted by atomic mass is 19.4. The van der Waals surface area contributed by atoms with Crippen molar-refractivity contribution < 1.29 is 35.9 Å². The van der Waals surface area contributed by atoms with Gasteiger partial charge in [0.1, 0.15) is 0 Å². The summed E-state index contributed by atoms with van der Waals surface area (Å²) in [5.41, 5.74) is 1.86. The molecule has 0 aliphatic rings. The van der Waals surface area contributed by atoms with Gasteiger partial charge in [0.2, 0.25) is 5.91 Å². The highest BCUT2D eigenvalue weighted by Gasteiger charge is 2.34. The number of hydrogen-bond donors (Lipinski definition) is 1. The molecule has 2 N–H and O–H groups in total. The fourth-order valence-corrected chi connectivity index (χ4v) is 3.03. The van der Waals surface area contributed by atoms with Crippen LogP contribution in [0.2, 0.25) is 0 Å². The first-order chi connectivity index (χ1) is 14.9. The third kappa shape index (κ3) is 4.74. The number of anilines is 2. The molecule has 0 saturated carbocycles. The summed E-state index contributed by atoms with van der Waals surface area (Å²) in [6, 6.07) is 12.3. The lowest BCUT2D eigenvalue weighted by Crippen LogP contribution is -2.29. The molecule has 10 heteroatoms. The fraction of sp³-hybridized carbons (Fsp3) is 0.0909. The van der Waals surface area contributed by atoms with E-state index in [0.717, 1.165) is 36.4 Å². The summed E-state index contributed by atoms with van der Waals surface area (Å²) in [6.07, 6.45) is -9.52. The molecule has 166 valence electrons. The van der Waals surface area contributed by atoms with Crippen molar-refractivity contribution >= 4 is 23.2 Å². The Labute approximate surface area is 177 Å². The molecule has 3 rings (SSSR count). The summed E-state index contributed by atoms with van der Waals surface area (Å²) < 4.78 is 79.4. The van der Waals surface area contributed by atoms with E-state index in [1.807, 2.05) is 0 Å². The third-order valence-corrected chi connectivity index (χ3v) is 4.49. The predicted octanol–water partition coefficient (Wildman–Crippen LogP) is 5.80. The molecule has 0 bridgehead atoms. The van der Waals surface area contributed by atoms with Crippen molar-refractivity contribution in [1.29, 1.82) is 0 Å². The highest BCUT2D eigenvalue weighted by molar-refractivity contribution is 6.16. The van der Waals surface area contributed by atoms with E-state index in [1.165, 1.54) is 24.3 Å². The van der Waals surface area contributed by atoms with Gasteiger partial charge in [-0.1, -0.05) is 24.3 Å². The third-order valence-electron chi connectivity index (χ3n) is 4.49. The van der Waals surface area contributed by atoms with E-state index in [2.05, 4.69) is 0 Å². The molecule has 3 aromatic carbocycles. The number of nitrogens with zero attached hydrogens (tertiary/aromatic N) is 1. The molecule has 4 nitrogen and oxygen atoms in total. The molecule has 0 radical (unpaired) electrons.